The molecule has 1 saturated carbocycles. The number of hydrogen-bond acceptors (Lipinski definition) is 2. The molecule has 0 unspecified atom stereocenters. The number of hydrogen-bond donors (Lipinski definition) is 0. The van der Waals surface area contributed by atoms with Crippen molar-refractivity contribution < 1.29 is 4.79 Å². The zero-order chi connectivity index (χ0) is 16.4. The molecule has 0 N–H and O–H groups in total. The molecular formula is C19H21ClN2O. The van der Waals surface area contributed by atoms with Crippen LogP contribution >= 0.6 is 11.6 Å². The molecule has 1 aliphatic rings. The van der Waals surface area contributed by atoms with Gasteiger partial charge in [-0.3, -0.25) is 4.79 Å². The van der Waals surface area contributed by atoms with Crippen molar-refractivity contribution in [2.75, 3.05) is 0 Å². The highest BCUT2D eigenvalue weighted by atomic mass is 35.5. The van der Waals surface area contributed by atoms with Crippen molar-refractivity contribution in [3.63, 3.8) is 0 Å². The minimum absolute atomic E-state index is 0.0291. The summed E-state index contributed by atoms with van der Waals surface area (Å²) in [4.78, 5) is 18.8. The second-order valence-corrected chi connectivity index (χ2v) is 6.76. The van der Waals surface area contributed by atoms with Gasteiger partial charge in [0, 0.05) is 18.8 Å². The molecule has 1 amide bonds. The van der Waals surface area contributed by atoms with Crippen molar-refractivity contribution in [2.24, 2.45) is 0 Å². The summed E-state index contributed by atoms with van der Waals surface area (Å²) in [5, 5.41) is 0.276. The molecule has 1 heterocycles. The Bertz CT molecular complexity index is 693. The molecule has 0 spiro atoms. The third-order valence-electron chi connectivity index (χ3n) is 4.24. The van der Waals surface area contributed by atoms with Crippen LogP contribution in [0.5, 0.6) is 0 Å². The number of rotatable bonds is 5. The number of pyridine rings is 1. The predicted octanol–water partition coefficient (Wildman–Crippen LogP) is 4.66. The van der Waals surface area contributed by atoms with E-state index in [0.29, 0.717) is 24.1 Å². The monoisotopic (exact) mass is 328 g/mol. The van der Waals surface area contributed by atoms with Gasteiger partial charge in [-0.15, -0.1) is 0 Å². The standard InChI is InChI=1S/C19H21ClN2O/c1-13(2)15-7-5-14(6-8-15)12-22(16-9-10-16)19(23)17-4-3-11-21-18(17)20/h3-8,11,13,16H,9-10,12H2,1-2H3. The number of halogens is 1. The van der Waals surface area contributed by atoms with Crippen molar-refractivity contribution in [2.45, 2.75) is 45.2 Å². The van der Waals surface area contributed by atoms with Gasteiger partial charge in [-0.25, -0.2) is 4.98 Å². The van der Waals surface area contributed by atoms with Crippen molar-refractivity contribution in [3.05, 3.63) is 64.4 Å². The highest BCUT2D eigenvalue weighted by molar-refractivity contribution is 6.32. The van der Waals surface area contributed by atoms with Gasteiger partial charge in [0.2, 0.25) is 0 Å². The van der Waals surface area contributed by atoms with E-state index in [-0.39, 0.29) is 11.1 Å². The lowest BCUT2D eigenvalue weighted by Gasteiger charge is -2.23. The number of carbonyl (C=O) groups excluding carboxylic acids is 1. The number of nitrogens with zero attached hydrogens (tertiary/aromatic N) is 2. The van der Waals surface area contributed by atoms with Crippen LogP contribution in [0, 0.1) is 0 Å². The lowest BCUT2D eigenvalue weighted by Crippen LogP contribution is -2.32. The maximum Gasteiger partial charge on any atom is 0.257 e. The Morgan fingerprint density at radius 1 is 1.26 bits per heavy atom. The number of benzene rings is 1. The first-order chi connectivity index (χ1) is 11.1. The molecule has 1 aliphatic carbocycles. The summed E-state index contributed by atoms with van der Waals surface area (Å²) in [6, 6.07) is 12.3. The quantitative estimate of drug-likeness (QED) is 0.748. The van der Waals surface area contributed by atoms with Gasteiger partial charge in [-0.05, 0) is 42.0 Å². The summed E-state index contributed by atoms with van der Waals surface area (Å²) in [6.07, 6.45) is 3.73. The maximum absolute atomic E-state index is 12.8. The van der Waals surface area contributed by atoms with E-state index < -0.39 is 0 Å². The van der Waals surface area contributed by atoms with Crippen LogP contribution in [0.25, 0.3) is 0 Å². The van der Waals surface area contributed by atoms with Crippen LogP contribution in [0.3, 0.4) is 0 Å². The summed E-state index contributed by atoms with van der Waals surface area (Å²) in [7, 11) is 0. The van der Waals surface area contributed by atoms with Gasteiger partial charge in [0.05, 0.1) is 5.56 Å². The van der Waals surface area contributed by atoms with Crippen LogP contribution < -0.4 is 0 Å². The number of carbonyl (C=O) groups is 1. The van der Waals surface area contributed by atoms with Gasteiger partial charge in [0.1, 0.15) is 5.15 Å². The lowest BCUT2D eigenvalue weighted by atomic mass is 10.0. The molecule has 1 aromatic heterocycles. The van der Waals surface area contributed by atoms with Crippen LogP contribution in [-0.2, 0) is 6.54 Å². The molecule has 0 atom stereocenters. The third kappa shape index (κ3) is 3.73. The van der Waals surface area contributed by atoms with Crippen LogP contribution in [0.15, 0.2) is 42.6 Å². The Morgan fingerprint density at radius 3 is 2.52 bits per heavy atom. The van der Waals surface area contributed by atoms with Gasteiger partial charge in [0.15, 0.2) is 0 Å². The smallest absolute Gasteiger partial charge is 0.257 e. The summed E-state index contributed by atoms with van der Waals surface area (Å²) < 4.78 is 0. The third-order valence-corrected chi connectivity index (χ3v) is 4.54. The molecule has 0 saturated heterocycles. The van der Waals surface area contributed by atoms with Crippen LogP contribution in [0.2, 0.25) is 5.15 Å². The molecule has 1 fully saturated rings. The van der Waals surface area contributed by atoms with E-state index in [2.05, 4.69) is 43.1 Å². The first kappa shape index (κ1) is 16.0. The van der Waals surface area contributed by atoms with Crippen LogP contribution in [0.1, 0.15) is 54.1 Å². The molecule has 0 radical (unpaired) electrons. The molecule has 2 aromatic rings. The predicted molar refractivity (Wildman–Crippen MR) is 92.7 cm³/mol. The lowest BCUT2D eigenvalue weighted by molar-refractivity contribution is 0.0729. The van der Waals surface area contributed by atoms with E-state index in [4.69, 9.17) is 11.6 Å². The van der Waals surface area contributed by atoms with Crippen LogP contribution in [-0.4, -0.2) is 21.8 Å². The summed E-state index contributed by atoms with van der Waals surface area (Å²) in [5.74, 6) is 0.484. The Morgan fingerprint density at radius 2 is 1.96 bits per heavy atom. The molecule has 3 rings (SSSR count). The second-order valence-electron chi connectivity index (χ2n) is 6.40. The topological polar surface area (TPSA) is 33.2 Å². The largest absolute Gasteiger partial charge is 0.331 e. The normalized spacial score (nSPS) is 14.1. The summed E-state index contributed by atoms with van der Waals surface area (Å²) in [6.45, 7) is 4.98. The molecule has 0 aliphatic heterocycles. The fraction of sp³-hybridized carbons (Fsp3) is 0.368. The molecule has 120 valence electrons. The highest BCUT2D eigenvalue weighted by Crippen LogP contribution is 2.31. The number of amides is 1. The SMILES string of the molecule is CC(C)c1ccc(CN(C(=O)c2cccnc2Cl)C2CC2)cc1. The average molecular weight is 329 g/mol. The average Bonchev–Trinajstić information content (AvgIpc) is 3.37. The van der Waals surface area contributed by atoms with Gasteiger partial charge in [-0.2, -0.15) is 0 Å². The Kier molecular flexibility index (Phi) is 4.67. The summed E-state index contributed by atoms with van der Waals surface area (Å²) >= 11 is 6.09. The van der Waals surface area contributed by atoms with Gasteiger partial charge >= 0.3 is 0 Å². The Balaban J connectivity index is 1.80. The van der Waals surface area contributed by atoms with Crippen LogP contribution in [0.4, 0.5) is 0 Å². The molecule has 23 heavy (non-hydrogen) atoms. The fourth-order valence-electron chi connectivity index (χ4n) is 2.66. The molecule has 3 nitrogen and oxygen atoms in total. The Labute approximate surface area is 142 Å². The molecule has 4 heteroatoms. The Hall–Kier alpha value is -1.87. The van der Waals surface area contributed by atoms with E-state index in [1.54, 1.807) is 18.3 Å². The zero-order valence-corrected chi connectivity index (χ0v) is 14.3. The minimum Gasteiger partial charge on any atom is -0.331 e. The van der Waals surface area contributed by atoms with E-state index in [1.807, 2.05) is 4.90 Å². The maximum atomic E-state index is 12.8. The first-order valence-corrected chi connectivity index (χ1v) is 8.44. The minimum atomic E-state index is -0.0291. The highest BCUT2D eigenvalue weighted by Gasteiger charge is 2.33. The summed E-state index contributed by atoms with van der Waals surface area (Å²) in [5.41, 5.74) is 2.95. The zero-order valence-electron chi connectivity index (χ0n) is 13.5. The molecule has 0 bridgehead atoms. The first-order valence-electron chi connectivity index (χ1n) is 8.06. The van der Waals surface area contributed by atoms with E-state index in [0.717, 1.165) is 18.4 Å². The van der Waals surface area contributed by atoms with E-state index in [1.165, 1.54) is 5.56 Å². The van der Waals surface area contributed by atoms with Crippen molar-refractivity contribution in [1.29, 1.82) is 0 Å². The van der Waals surface area contributed by atoms with Crippen molar-refractivity contribution in [3.8, 4) is 0 Å². The molecular weight excluding hydrogens is 308 g/mol. The fourth-order valence-corrected chi connectivity index (χ4v) is 2.86. The van der Waals surface area contributed by atoms with Gasteiger partial charge in [-0.1, -0.05) is 49.7 Å². The van der Waals surface area contributed by atoms with E-state index >= 15 is 0 Å². The van der Waals surface area contributed by atoms with Gasteiger partial charge < -0.3 is 4.90 Å². The number of aromatic nitrogens is 1. The van der Waals surface area contributed by atoms with Gasteiger partial charge in [0.25, 0.3) is 5.91 Å². The van der Waals surface area contributed by atoms with E-state index in [9.17, 15) is 4.79 Å². The molecule has 1 aromatic carbocycles. The van der Waals surface area contributed by atoms with Crippen molar-refractivity contribution >= 4 is 17.5 Å². The van der Waals surface area contributed by atoms with Crippen molar-refractivity contribution in [1.82, 2.24) is 9.88 Å². The second kappa shape index (κ2) is 6.71.